The van der Waals surface area contributed by atoms with Gasteiger partial charge in [0.15, 0.2) is 0 Å². The SMILES string of the molecule is CC(C)OC(=O)[C@H](C)N[P+](=O)Oc1ccccc1Cl. The zero-order valence-corrected chi connectivity index (χ0v) is 12.6. The number of hydrogen-bond donors (Lipinski definition) is 1. The Morgan fingerprint density at radius 3 is 2.53 bits per heavy atom. The van der Waals surface area contributed by atoms with Crippen LogP contribution in [0, 0.1) is 0 Å². The summed E-state index contributed by atoms with van der Waals surface area (Å²) in [5, 5.41) is 2.87. The molecule has 1 aromatic carbocycles. The van der Waals surface area contributed by atoms with Crippen LogP contribution in [0.2, 0.25) is 5.02 Å². The molecule has 1 N–H and O–H groups in total. The molecule has 0 spiro atoms. The maximum Gasteiger partial charge on any atom is 0.664 e. The van der Waals surface area contributed by atoms with Crippen molar-refractivity contribution in [3.05, 3.63) is 29.3 Å². The lowest BCUT2D eigenvalue weighted by Gasteiger charge is -2.10. The summed E-state index contributed by atoms with van der Waals surface area (Å²) in [4.78, 5) is 11.5. The highest BCUT2D eigenvalue weighted by Gasteiger charge is 2.29. The van der Waals surface area contributed by atoms with E-state index >= 15 is 0 Å². The van der Waals surface area contributed by atoms with E-state index in [-0.39, 0.29) is 6.10 Å². The normalized spacial score (nSPS) is 13.0. The summed E-state index contributed by atoms with van der Waals surface area (Å²) in [5.41, 5.74) is 0. The van der Waals surface area contributed by atoms with E-state index in [1.165, 1.54) is 0 Å². The van der Waals surface area contributed by atoms with Gasteiger partial charge in [-0.05, 0) is 32.9 Å². The quantitative estimate of drug-likeness (QED) is 0.645. The van der Waals surface area contributed by atoms with Crippen LogP contribution >= 0.6 is 19.8 Å². The van der Waals surface area contributed by atoms with Gasteiger partial charge in [0.2, 0.25) is 5.75 Å². The topological polar surface area (TPSA) is 64.6 Å². The fourth-order valence-corrected chi connectivity index (χ4v) is 2.22. The molecule has 0 amide bonds. The van der Waals surface area contributed by atoms with Crippen molar-refractivity contribution in [2.75, 3.05) is 0 Å². The lowest BCUT2D eigenvalue weighted by atomic mass is 10.3. The van der Waals surface area contributed by atoms with Crippen LogP contribution in [0.4, 0.5) is 0 Å². The molecule has 0 saturated heterocycles. The Morgan fingerprint density at radius 1 is 1.32 bits per heavy atom. The molecule has 0 aliphatic carbocycles. The number of hydrogen-bond acceptors (Lipinski definition) is 4. The second kappa shape index (κ2) is 7.43. The molecule has 1 rings (SSSR count). The number of halogens is 1. The Kier molecular flexibility index (Phi) is 6.22. The van der Waals surface area contributed by atoms with E-state index in [1.807, 2.05) is 0 Å². The first-order chi connectivity index (χ1) is 8.90. The molecule has 2 atom stereocenters. The van der Waals surface area contributed by atoms with Gasteiger partial charge < -0.3 is 4.74 Å². The molecule has 104 valence electrons. The van der Waals surface area contributed by atoms with Crippen molar-refractivity contribution < 1.29 is 18.6 Å². The van der Waals surface area contributed by atoms with Gasteiger partial charge in [0, 0.05) is 4.57 Å². The van der Waals surface area contributed by atoms with Crippen LogP contribution in [-0.2, 0) is 14.1 Å². The van der Waals surface area contributed by atoms with E-state index in [0.717, 1.165) is 0 Å². The van der Waals surface area contributed by atoms with E-state index in [0.29, 0.717) is 10.8 Å². The van der Waals surface area contributed by atoms with Crippen molar-refractivity contribution in [1.82, 2.24) is 5.09 Å². The highest BCUT2D eigenvalue weighted by Crippen LogP contribution is 2.30. The Hall–Kier alpha value is -1.16. The average Bonchev–Trinajstić information content (AvgIpc) is 2.31. The Bertz CT molecular complexity index is 467. The molecule has 0 bridgehead atoms. The first-order valence-electron chi connectivity index (χ1n) is 5.76. The molecule has 0 aliphatic heterocycles. The molecule has 0 radical (unpaired) electrons. The third-order valence-corrected chi connectivity index (χ3v) is 3.30. The molecule has 7 heteroatoms. The van der Waals surface area contributed by atoms with Crippen molar-refractivity contribution in [2.24, 2.45) is 0 Å². The number of esters is 1. The van der Waals surface area contributed by atoms with Crippen molar-refractivity contribution >= 4 is 25.7 Å². The highest BCUT2D eigenvalue weighted by molar-refractivity contribution is 7.37. The van der Waals surface area contributed by atoms with Crippen LogP contribution in [-0.4, -0.2) is 18.1 Å². The molecular formula is C12H16ClNO4P+. The van der Waals surface area contributed by atoms with Crippen LogP contribution in [0.1, 0.15) is 20.8 Å². The van der Waals surface area contributed by atoms with E-state index in [1.54, 1.807) is 45.0 Å². The molecule has 5 nitrogen and oxygen atoms in total. The van der Waals surface area contributed by atoms with Crippen LogP contribution in [0.5, 0.6) is 5.75 Å². The Balaban J connectivity index is 2.52. The summed E-state index contributed by atoms with van der Waals surface area (Å²) in [7, 11) is -2.26. The van der Waals surface area contributed by atoms with Gasteiger partial charge in [0.1, 0.15) is 6.04 Å². The summed E-state index contributed by atoms with van der Waals surface area (Å²) < 4.78 is 21.8. The van der Waals surface area contributed by atoms with Gasteiger partial charge in [-0.15, -0.1) is 0 Å². The van der Waals surface area contributed by atoms with Gasteiger partial charge in [-0.25, -0.2) is 4.52 Å². The van der Waals surface area contributed by atoms with Gasteiger partial charge in [0.05, 0.1) is 11.1 Å². The van der Waals surface area contributed by atoms with Gasteiger partial charge in [-0.2, -0.15) is 0 Å². The number of carbonyl (C=O) groups is 1. The highest BCUT2D eigenvalue weighted by atomic mass is 35.5. The summed E-state index contributed by atoms with van der Waals surface area (Å²) in [6, 6.07) is 5.93. The molecule has 0 fully saturated rings. The first-order valence-corrected chi connectivity index (χ1v) is 7.32. The minimum atomic E-state index is -2.26. The minimum Gasteiger partial charge on any atom is -0.462 e. The molecule has 0 aliphatic rings. The van der Waals surface area contributed by atoms with Crippen molar-refractivity contribution in [3.8, 4) is 5.75 Å². The Morgan fingerprint density at radius 2 is 1.95 bits per heavy atom. The Labute approximate surface area is 118 Å². The van der Waals surface area contributed by atoms with E-state index in [2.05, 4.69) is 5.09 Å². The molecular weight excluding hydrogens is 289 g/mol. The van der Waals surface area contributed by atoms with Crippen molar-refractivity contribution in [3.63, 3.8) is 0 Å². The number of rotatable bonds is 6. The standard InChI is InChI=1S/C12H16ClNO4P/c1-8(2)17-12(15)9(3)14-19(16)18-11-7-5-4-6-10(11)13/h4-9H,1-3H3,(H,14,16)/q+1/t9-/m0/s1. The summed E-state index contributed by atoms with van der Waals surface area (Å²) >= 11 is 5.86. The first kappa shape index (κ1) is 15.9. The third-order valence-electron chi connectivity index (χ3n) is 2.02. The second-order valence-corrected chi connectivity index (χ2v) is 5.48. The van der Waals surface area contributed by atoms with E-state index in [4.69, 9.17) is 20.9 Å². The molecule has 1 aromatic rings. The molecule has 19 heavy (non-hydrogen) atoms. The fourth-order valence-electron chi connectivity index (χ4n) is 1.18. The zero-order chi connectivity index (χ0) is 14.4. The maximum absolute atomic E-state index is 11.7. The van der Waals surface area contributed by atoms with Gasteiger partial charge in [-0.3, -0.25) is 4.79 Å². The fraction of sp³-hybridized carbons (Fsp3) is 0.417. The predicted octanol–water partition coefficient (Wildman–Crippen LogP) is 3.31. The summed E-state index contributed by atoms with van der Waals surface area (Å²) in [6.45, 7) is 5.03. The largest absolute Gasteiger partial charge is 0.664 e. The lowest BCUT2D eigenvalue weighted by Crippen LogP contribution is -2.33. The third kappa shape index (κ3) is 5.55. The number of nitrogens with one attached hydrogen (secondary N) is 1. The lowest BCUT2D eigenvalue weighted by molar-refractivity contribution is -0.148. The van der Waals surface area contributed by atoms with Crippen LogP contribution in [0.3, 0.4) is 0 Å². The van der Waals surface area contributed by atoms with Crippen molar-refractivity contribution in [1.29, 1.82) is 0 Å². The van der Waals surface area contributed by atoms with Gasteiger partial charge in [0.25, 0.3) is 0 Å². The average molecular weight is 305 g/mol. The zero-order valence-electron chi connectivity index (χ0n) is 10.9. The van der Waals surface area contributed by atoms with E-state index < -0.39 is 20.2 Å². The molecule has 0 heterocycles. The summed E-state index contributed by atoms with van der Waals surface area (Å²) in [6.07, 6.45) is -0.223. The minimum absolute atomic E-state index is 0.223. The van der Waals surface area contributed by atoms with Crippen LogP contribution in [0.25, 0.3) is 0 Å². The smallest absolute Gasteiger partial charge is 0.462 e. The molecule has 0 saturated carbocycles. The predicted molar refractivity (Wildman–Crippen MR) is 73.5 cm³/mol. The molecule has 0 aromatic heterocycles. The van der Waals surface area contributed by atoms with E-state index in [9.17, 15) is 9.36 Å². The van der Waals surface area contributed by atoms with Gasteiger partial charge >= 0.3 is 14.1 Å². The van der Waals surface area contributed by atoms with Gasteiger partial charge in [-0.1, -0.05) is 28.8 Å². The van der Waals surface area contributed by atoms with Crippen LogP contribution in [0.15, 0.2) is 24.3 Å². The number of para-hydroxylation sites is 1. The maximum atomic E-state index is 11.7. The number of carbonyl (C=O) groups excluding carboxylic acids is 1. The van der Waals surface area contributed by atoms with Crippen molar-refractivity contribution in [2.45, 2.75) is 32.9 Å². The monoisotopic (exact) mass is 304 g/mol. The number of ether oxygens (including phenoxy) is 1. The van der Waals surface area contributed by atoms with Crippen LogP contribution < -0.4 is 9.61 Å². The summed E-state index contributed by atoms with van der Waals surface area (Å²) in [5.74, 6) is -0.191. The second-order valence-electron chi connectivity index (χ2n) is 4.12. The number of benzene rings is 1. The molecule has 1 unspecified atom stereocenters.